The normalized spacial score (nSPS) is 11.7. The van der Waals surface area contributed by atoms with Gasteiger partial charge in [-0.2, -0.15) is 18.3 Å². The highest BCUT2D eigenvalue weighted by Crippen LogP contribution is 2.30. The molecule has 0 unspecified atom stereocenters. The van der Waals surface area contributed by atoms with Gasteiger partial charge in [-0.3, -0.25) is 9.48 Å². The number of amides is 1. The SMILES string of the molecule is Cc1ccc(-c2cnn(C(C)C)c2)nc1C(=O)Nc1ccc(C(F)(F)F)cc1. The lowest BCUT2D eigenvalue weighted by Gasteiger charge is -2.10. The van der Waals surface area contributed by atoms with Gasteiger partial charge in [-0.15, -0.1) is 0 Å². The zero-order valence-corrected chi connectivity index (χ0v) is 15.6. The van der Waals surface area contributed by atoms with Gasteiger partial charge in [-0.05, 0) is 56.7 Å². The minimum absolute atomic E-state index is 0.196. The molecular weight excluding hydrogens is 369 g/mol. The van der Waals surface area contributed by atoms with E-state index < -0.39 is 17.6 Å². The van der Waals surface area contributed by atoms with Crippen LogP contribution in [-0.4, -0.2) is 20.7 Å². The number of hydrogen-bond donors (Lipinski definition) is 1. The lowest BCUT2D eigenvalue weighted by Crippen LogP contribution is -2.16. The third kappa shape index (κ3) is 4.21. The van der Waals surface area contributed by atoms with Crippen LogP contribution in [0.15, 0.2) is 48.8 Å². The van der Waals surface area contributed by atoms with Crippen LogP contribution >= 0.6 is 0 Å². The Morgan fingerprint density at radius 3 is 2.36 bits per heavy atom. The molecule has 0 spiro atoms. The number of alkyl halides is 3. The second-order valence-electron chi connectivity index (χ2n) is 6.69. The van der Waals surface area contributed by atoms with Gasteiger partial charge >= 0.3 is 6.18 Å². The van der Waals surface area contributed by atoms with Gasteiger partial charge in [0.2, 0.25) is 0 Å². The highest BCUT2D eigenvalue weighted by atomic mass is 19.4. The highest BCUT2D eigenvalue weighted by Gasteiger charge is 2.30. The Bertz CT molecular complexity index is 991. The van der Waals surface area contributed by atoms with E-state index in [1.165, 1.54) is 12.1 Å². The number of carbonyl (C=O) groups excluding carboxylic acids is 1. The van der Waals surface area contributed by atoms with Crippen molar-refractivity contribution in [2.45, 2.75) is 33.0 Å². The Morgan fingerprint density at radius 1 is 1.11 bits per heavy atom. The van der Waals surface area contributed by atoms with Crippen LogP contribution in [0.4, 0.5) is 18.9 Å². The highest BCUT2D eigenvalue weighted by molar-refractivity contribution is 6.04. The van der Waals surface area contributed by atoms with Crippen LogP contribution < -0.4 is 5.32 Å². The summed E-state index contributed by atoms with van der Waals surface area (Å²) in [7, 11) is 0. The molecule has 0 saturated heterocycles. The first-order chi connectivity index (χ1) is 13.1. The van der Waals surface area contributed by atoms with E-state index in [0.717, 1.165) is 17.7 Å². The number of halogens is 3. The smallest absolute Gasteiger partial charge is 0.321 e. The van der Waals surface area contributed by atoms with E-state index in [-0.39, 0.29) is 17.4 Å². The van der Waals surface area contributed by atoms with E-state index in [1.54, 1.807) is 29.9 Å². The summed E-state index contributed by atoms with van der Waals surface area (Å²) in [5.74, 6) is -0.490. The lowest BCUT2D eigenvalue weighted by molar-refractivity contribution is -0.137. The minimum atomic E-state index is -4.42. The summed E-state index contributed by atoms with van der Waals surface area (Å²) in [5.41, 5.74) is 1.72. The maximum absolute atomic E-state index is 12.7. The third-order valence-electron chi connectivity index (χ3n) is 4.21. The number of nitrogens with one attached hydrogen (secondary N) is 1. The maximum Gasteiger partial charge on any atom is 0.416 e. The molecule has 1 N–H and O–H groups in total. The Labute approximate surface area is 160 Å². The van der Waals surface area contributed by atoms with E-state index in [9.17, 15) is 18.0 Å². The van der Waals surface area contributed by atoms with Gasteiger partial charge in [0.1, 0.15) is 5.69 Å². The van der Waals surface area contributed by atoms with Gasteiger partial charge in [0.15, 0.2) is 0 Å². The van der Waals surface area contributed by atoms with Crippen LogP contribution in [0.25, 0.3) is 11.3 Å². The van der Waals surface area contributed by atoms with E-state index >= 15 is 0 Å². The van der Waals surface area contributed by atoms with Gasteiger partial charge in [0.25, 0.3) is 5.91 Å². The van der Waals surface area contributed by atoms with Crippen molar-refractivity contribution in [3.8, 4) is 11.3 Å². The number of carbonyl (C=O) groups is 1. The predicted octanol–water partition coefficient (Wildman–Crippen LogP) is 5.11. The topological polar surface area (TPSA) is 59.8 Å². The number of aromatic nitrogens is 3. The van der Waals surface area contributed by atoms with Gasteiger partial charge < -0.3 is 5.32 Å². The summed E-state index contributed by atoms with van der Waals surface area (Å²) in [5, 5.41) is 6.86. The molecule has 0 radical (unpaired) electrons. The molecule has 0 aliphatic heterocycles. The van der Waals surface area contributed by atoms with Crippen molar-refractivity contribution >= 4 is 11.6 Å². The molecule has 0 saturated carbocycles. The summed E-state index contributed by atoms with van der Waals surface area (Å²) in [6.45, 7) is 5.75. The molecule has 2 aromatic heterocycles. The fraction of sp³-hybridized carbons (Fsp3) is 0.250. The van der Waals surface area contributed by atoms with E-state index in [4.69, 9.17) is 0 Å². The molecule has 0 fully saturated rings. The van der Waals surface area contributed by atoms with Crippen LogP contribution in [0.1, 0.15) is 41.5 Å². The number of anilines is 1. The Morgan fingerprint density at radius 2 is 1.79 bits per heavy atom. The summed E-state index contributed by atoms with van der Waals surface area (Å²) in [6.07, 6.45) is -0.898. The number of benzene rings is 1. The average molecular weight is 388 g/mol. The van der Waals surface area contributed by atoms with Crippen molar-refractivity contribution in [2.75, 3.05) is 5.32 Å². The molecule has 3 aromatic rings. The second kappa shape index (κ2) is 7.46. The van der Waals surface area contributed by atoms with E-state index in [2.05, 4.69) is 15.4 Å². The van der Waals surface area contributed by atoms with Crippen LogP contribution in [0.2, 0.25) is 0 Å². The molecule has 0 aliphatic carbocycles. The minimum Gasteiger partial charge on any atom is -0.321 e. The maximum atomic E-state index is 12.7. The van der Waals surface area contributed by atoms with E-state index in [0.29, 0.717) is 11.3 Å². The predicted molar refractivity (Wildman–Crippen MR) is 100.0 cm³/mol. The zero-order chi connectivity index (χ0) is 20.5. The van der Waals surface area contributed by atoms with Crippen molar-refractivity contribution in [1.82, 2.24) is 14.8 Å². The standard InChI is InChI=1S/C20H19F3N4O/c1-12(2)27-11-14(10-24-27)17-9-4-13(3)18(26-17)19(28)25-16-7-5-15(6-8-16)20(21,22)23/h4-12H,1-3H3,(H,25,28). The number of pyridine rings is 1. The first-order valence-corrected chi connectivity index (χ1v) is 8.66. The van der Waals surface area contributed by atoms with Crippen molar-refractivity contribution in [2.24, 2.45) is 0 Å². The lowest BCUT2D eigenvalue weighted by atomic mass is 10.1. The molecule has 3 rings (SSSR count). The number of aryl methyl sites for hydroxylation is 1. The van der Waals surface area contributed by atoms with Gasteiger partial charge in [-0.1, -0.05) is 6.07 Å². The van der Waals surface area contributed by atoms with Crippen LogP contribution in [0.5, 0.6) is 0 Å². The summed E-state index contributed by atoms with van der Waals surface area (Å²) in [4.78, 5) is 17.0. The van der Waals surface area contributed by atoms with Gasteiger partial charge in [-0.25, -0.2) is 4.98 Å². The first kappa shape index (κ1) is 19.6. The average Bonchev–Trinajstić information content (AvgIpc) is 3.12. The Balaban J connectivity index is 1.83. The number of nitrogens with zero attached hydrogens (tertiary/aromatic N) is 3. The largest absolute Gasteiger partial charge is 0.416 e. The number of rotatable bonds is 4. The first-order valence-electron chi connectivity index (χ1n) is 8.66. The number of hydrogen-bond acceptors (Lipinski definition) is 3. The van der Waals surface area contributed by atoms with Crippen molar-refractivity contribution < 1.29 is 18.0 Å². The molecular formula is C20H19F3N4O. The van der Waals surface area contributed by atoms with Crippen LogP contribution in [-0.2, 0) is 6.18 Å². The Hall–Kier alpha value is -3.16. The van der Waals surface area contributed by atoms with Crippen LogP contribution in [0, 0.1) is 6.92 Å². The summed E-state index contributed by atoms with van der Waals surface area (Å²) < 4.78 is 39.7. The molecule has 1 aromatic carbocycles. The quantitative estimate of drug-likeness (QED) is 0.676. The van der Waals surface area contributed by atoms with E-state index in [1.807, 2.05) is 20.0 Å². The molecule has 5 nitrogen and oxygen atoms in total. The fourth-order valence-corrected chi connectivity index (χ4v) is 2.60. The second-order valence-corrected chi connectivity index (χ2v) is 6.69. The van der Waals surface area contributed by atoms with Crippen LogP contribution in [0.3, 0.4) is 0 Å². The zero-order valence-electron chi connectivity index (χ0n) is 15.6. The van der Waals surface area contributed by atoms with Gasteiger partial charge in [0, 0.05) is 23.5 Å². The van der Waals surface area contributed by atoms with Crippen molar-refractivity contribution in [3.63, 3.8) is 0 Å². The van der Waals surface area contributed by atoms with Crippen molar-refractivity contribution in [1.29, 1.82) is 0 Å². The molecule has 2 heterocycles. The summed E-state index contributed by atoms with van der Waals surface area (Å²) in [6, 6.07) is 8.04. The monoisotopic (exact) mass is 388 g/mol. The molecule has 1 amide bonds. The molecule has 28 heavy (non-hydrogen) atoms. The van der Waals surface area contributed by atoms with Crippen molar-refractivity contribution in [3.05, 3.63) is 65.6 Å². The molecule has 146 valence electrons. The van der Waals surface area contributed by atoms with Gasteiger partial charge in [0.05, 0.1) is 17.5 Å². The Kier molecular flexibility index (Phi) is 5.22. The fourth-order valence-electron chi connectivity index (χ4n) is 2.60. The summed E-state index contributed by atoms with van der Waals surface area (Å²) >= 11 is 0. The molecule has 0 bridgehead atoms. The molecule has 0 aliphatic rings. The molecule has 8 heteroatoms. The molecule has 0 atom stereocenters. The third-order valence-corrected chi connectivity index (χ3v) is 4.21.